The Bertz CT molecular complexity index is 856. The molecule has 25 heavy (non-hydrogen) atoms. The Morgan fingerprint density at radius 1 is 1.12 bits per heavy atom. The van der Waals surface area contributed by atoms with Gasteiger partial charge in [0, 0.05) is 29.6 Å². The van der Waals surface area contributed by atoms with Gasteiger partial charge in [0.15, 0.2) is 0 Å². The maximum absolute atomic E-state index is 12.0. The molecule has 3 rings (SSSR count). The fraction of sp³-hybridized carbons (Fsp3) is 0.250. The fourth-order valence-electron chi connectivity index (χ4n) is 3.04. The topological polar surface area (TPSA) is 68.4 Å². The molecule has 3 N–H and O–H groups in total. The van der Waals surface area contributed by atoms with Crippen molar-refractivity contribution in [3.05, 3.63) is 60.2 Å². The van der Waals surface area contributed by atoms with Gasteiger partial charge in [0.05, 0.1) is 5.69 Å². The van der Waals surface area contributed by atoms with Gasteiger partial charge in [-0.25, -0.2) is 0 Å². The highest BCUT2D eigenvalue weighted by Crippen LogP contribution is 2.34. The Hall–Kier alpha value is -2.63. The molecule has 1 heterocycles. The van der Waals surface area contributed by atoms with E-state index >= 15 is 0 Å². The van der Waals surface area contributed by atoms with Crippen LogP contribution in [-0.2, 0) is 4.79 Å². The minimum absolute atomic E-state index is 0.595. The normalized spacial score (nSPS) is 12.6. The van der Waals surface area contributed by atoms with Crippen LogP contribution in [0.4, 0.5) is 0 Å². The summed E-state index contributed by atoms with van der Waals surface area (Å²) in [5.41, 5.74) is 3.56. The predicted octanol–water partition coefficient (Wildman–Crippen LogP) is 3.11. The van der Waals surface area contributed by atoms with Crippen molar-refractivity contribution >= 4 is 16.9 Å². The third-order valence-electron chi connectivity index (χ3n) is 4.25. The SMILES string of the molecule is CN(C)CCN[C@@H](C(=O)O)c1c(-c2ccccc2)[nH]c2ccccc12. The van der Waals surface area contributed by atoms with Crippen LogP contribution in [0.25, 0.3) is 22.2 Å². The first-order chi connectivity index (χ1) is 12.1. The number of carbonyl (C=O) groups is 1. The highest BCUT2D eigenvalue weighted by atomic mass is 16.4. The highest BCUT2D eigenvalue weighted by molar-refractivity contribution is 5.95. The van der Waals surface area contributed by atoms with Crippen LogP contribution in [-0.4, -0.2) is 48.1 Å². The van der Waals surface area contributed by atoms with Gasteiger partial charge >= 0.3 is 5.97 Å². The van der Waals surface area contributed by atoms with Gasteiger partial charge in [0.25, 0.3) is 0 Å². The molecule has 0 bridgehead atoms. The molecular formula is C20H23N3O2. The van der Waals surface area contributed by atoms with Gasteiger partial charge in [-0.2, -0.15) is 0 Å². The summed E-state index contributed by atoms with van der Waals surface area (Å²) < 4.78 is 0. The standard InChI is InChI=1S/C20H23N3O2/c1-23(2)13-12-21-19(20(24)25)17-15-10-6-7-11-16(15)22-18(17)14-8-4-3-5-9-14/h3-11,19,21-22H,12-13H2,1-2H3,(H,24,25)/t19-/m1/s1. The molecule has 0 saturated carbocycles. The Morgan fingerprint density at radius 2 is 1.80 bits per heavy atom. The van der Waals surface area contributed by atoms with Gasteiger partial charge in [0.2, 0.25) is 0 Å². The first kappa shape index (κ1) is 17.2. The lowest BCUT2D eigenvalue weighted by molar-refractivity contribution is -0.139. The molecule has 0 unspecified atom stereocenters. The van der Waals surface area contributed by atoms with Gasteiger partial charge in [-0.15, -0.1) is 0 Å². The molecule has 0 aliphatic carbocycles. The van der Waals surface area contributed by atoms with Crippen LogP contribution in [0.3, 0.4) is 0 Å². The molecule has 1 aromatic heterocycles. The molecule has 0 amide bonds. The maximum atomic E-state index is 12.0. The number of nitrogens with one attached hydrogen (secondary N) is 2. The number of fused-ring (bicyclic) bond motifs is 1. The van der Waals surface area contributed by atoms with Gasteiger partial charge in [-0.3, -0.25) is 10.1 Å². The first-order valence-electron chi connectivity index (χ1n) is 8.35. The second kappa shape index (κ2) is 7.51. The number of aliphatic carboxylic acids is 1. The zero-order chi connectivity index (χ0) is 17.8. The number of rotatable bonds is 7. The quantitative estimate of drug-likeness (QED) is 0.620. The van der Waals surface area contributed by atoms with E-state index in [2.05, 4.69) is 10.3 Å². The molecule has 0 saturated heterocycles. The van der Waals surface area contributed by atoms with E-state index in [-0.39, 0.29) is 0 Å². The molecule has 5 nitrogen and oxygen atoms in total. The Labute approximate surface area is 147 Å². The summed E-state index contributed by atoms with van der Waals surface area (Å²) in [5.74, 6) is -0.874. The van der Waals surface area contributed by atoms with E-state index in [1.54, 1.807) is 0 Å². The molecule has 0 spiro atoms. The molecule has 2 aromatic carbocycles. The monoisotopic (exact) mass is 337 g/mol. The summed E-state index contributed by atoms with van der Waals surface area (Å²) >= 11 is 0. The third-order valence-corrected chi connectivity index (χ3v) is 4.25. The van der Waals surface area contributed by atoms with Crippen molar-refractivity contribution in [2.24, 2.45) is 0 Å². The number of aromatic amines is 1. The number of para-hydroxylation sites is 1. The van der Waals surface area contributed by atoms with E-state index in [0.717, 1.165) is 34.3 Å². The van der Waals surface area contributed by atoms with Crippen LogP contribution in [0.5, 0.6) is 0 Å². The van der Waals surface area contributed by atoms with Crippen LogP contribution in [0.2, 0.25) is 0 Å². The van der Waals surface area contributed by atoms with Crippen LogP contribution in [0.1, 0.15) is 11.6 Å². The van der Waals surface area contributed by atoms with Crippen LogP contribution in [0.15, 0.2) is 54.6 Å². The lowest BCUT2D eigenvalue weighted by atomic mass is 9.98. The molecule has 0 aliphatic heterocycles. The van der Waals surface area contributed by atoms with E-state index in [9.17, 15) is 9.90 Å². The first-order valence-corrected chi connectivity index (χ1v) is 8.35. The molecule has 1 atom stereocenters. The second-order valence-electron chi connectivity index (χ2n) is 6.35. The van der Waals surface area contributed by atoms with Crippen LogP contribution < -0.4 is 5.32 Å². The van der Waals surface area contributed by atoms with E-state index in [0.29, 0.717) is 6.54 Å². The molecule has 5 heteroatoms. The lowest BCUT2D eigenvalue weighted by Gasteiger charge is -2.18. The highest BCUT2D eigenvalue weighted by Gasteiger charge is 2.26. The third kappa shape index (κ3) is 3.73. The smallest absolute Gasteiger partial charge is 0.325 e. The van der Waals surface area contributed by atoms with Crippen LogP contribution >= 0.6 is 0 Å². The van der Waals surface area contributed by atoms with Crippen molar-refractivity contribution in [1.29, 1.82) is 0 Å². The van der Waals surface area contributed by atoms with Crippen LogP contribution in [0, 0.1) is 0 Å². The van der Waals surface area contributed by atoms with Gasteiger partial charge in [-0.1, -0.05) is 48.5 Å². The van der Waals surface area contributed by atoms with E-state index in [1.807, 2.05) is 73.6 Å². The van der Waals surface area contributed by atoms with E-state index in [1.165, 1.54) is 0 Å². The summed E-state index contributed by atoms with van der Waals surface area (Å²) in [5, 5.41) is 14.0. The fourth-order valence-corrected chi connectivity index (χ4v) is 3.04. The second-order valence-corrected chi connectivity index (χ2v) is 6.35. The number of aromatic nitrogens is 1. The number of hydrogen-bond acceptors (Lipinski definition) is 3. The minimum atomic E-state index is -0.874. The van der Waals surface area contributed by atoms with E-state index in [4.69, 9.17) is 0 Å². The Morgan fingerprint density at radius 3 is 2.48 bits per heavy atom. The maximum Gasteiger partial charge on any atom is 0.325 e. The largest absolute Gasteiger partial charge is 0.480 e. The van der Waals surface area contributed by atoms with Crippen molar-refractivity contribution in [1.82, 2.24) is 15.2 Å². The predicted molar refractivity (Wildman–Crippen MR) is 101 cm³/mol. The minimum Gasteiger partial charge on any atom is -0.480 e. The Kier molecular flexibility index (Phi) is 5.16. The molecule has 0 fully saturated rings. The van der Waals surface area contributed by atoms with Gasteiger partial charge < -0.3 is 15.0 Å². The van der Waals surface area contributed by atoms with E-state index < -0.39 is 12.0 Å². The molecular weight excluding hydrogens is 314 g/mol. The molecule has 0 aliphatic rings. The average Bonchev–Trinajstić information content (AvgIpc) is 2.98. The van der Waals surface area contributed by atoms with Crippen molar-refractivity contribution in [3.63, 3.8) is 0 Å². The summed E-state index contributed by atoms with van der Waals surface area (Å²) in [7, 11) is 3.94. The number of H-pyrrole nitrogens is 1. The number of carboxylic acid groups (broad SMARTS) is 1. The summed E-state index contributed by atoms with van der Waals surface area (Å²) in [4.78, 5) is 17.4. The van der Waals surface area contributed by atoms with Crippen molar-refractivity contribution in [3.8, 4) is 11.3 Å². The van der Waals surface area contributed by atoms with Crippen molar-refractivity contribution in [2.45, 2.75) is 6.04 Å². The van der Waals surface area contributed by atoms with Crippen molar-refractivity contribution in [2.75, 3.05) is 27.2 Å². The number of benzene rings is 2. The zero-order valence-electron chi connectivity index (χ0n) is 14.5. The number of nitrogens with zero attached hydrogens (tertiary/aromatic N) is 1. The number of hydrogen-bond donors (Lipinski definition) is 3. The lowest BCUT2D eigenvalue weighted by Crippen LogP contribution is -2.34. The summed E-state index contributed by atoms with van der Waals surface area (Å²) in [6, 6.07) is 16.9. The number of carboxylic acids is 1. The molecule has 3 aromatic rings. The molecule has 0 radical (unpaired) electrons. The van der Waals surface area contributed by atoms with Gasteiger partial charge in [0.1, 0.15) is 6.04 Å². The van der Waals surface area contributed by atoms with Crippen molar-refractivity contribution < 1.29 is 9.90 Å². The molecule has 130 valence electrons. The number of likely N-dealkylation sites (N-methyl/N-ethyl adjacent to an activating group) is 1. The Balaban J connectivity index is 2.09. The summed E-state index contributed by atoms with van der Waals surface area (Å²) in [6.45, 7) is 1.37. The summed E-state index contributed by atoms with van der Waals surface area (Å²) in [6.07, 6.45) is 0. The van der Waals surface area contributed by atoms with Gasteiger partial charge in [-0.05, 0) is 25.7 Å². The average molecular weight is 337 g/mol. The zero-order valence-corrected chi connectivity index (χ0v) is 14.5.